The standard InChI is InChI=1S/C12H9ClN4S/c1-18-12-16-10(8(6-14)11(15)17-12)7-4-2-3-5-9(7)13/h2-5H,1H3,(H2,15,16,17). The summed E-state index contributed by atoms with van der Waals surface area (Å²) in [4.78, 5) is 8.36. The van der Waals surface area contributed by atoms with Gasteiger partial charge in [0.2, 0.25) is 0 Å². The molecule has 0 atom stereocenters. The molecule has 6 heteroatoms. The van der Waals surface area contributed by atoms with Gasteiger partial charge < -0.3 is 5.73 Å². The number of hydrogen-bond donors (Lipinski definition) is 1. The number of hydrogen-bond acceptors (Lipinski definition) is 5. The number of nitrogens with two attached hydrogens (primary N) is 1. The lowest BCUT2D eigenvalue weighted by Gasteiger charge is -2.08. The molecule has 1 aromatic carbocycles. The van der Waals surface area contributed by atoms with E-state index in [2.05, 4.69) is 9.97 Å². The maximum absolute atomic E-state index is 9.16. The highest BCUT2D eigenvalue weighted by Crippen LogP contribution is 2.31. The zero-order valence-electron chi connectivity index (χ0n) is 9.51. The van der Waals surface area contributed by atoms with Gasteiger partial charge in [-0.3, -0.25) is 0 Å². The lowest BCUT2D eigenvalue weighted by atomic mass is 10.1. The quantitative estimate of drug-likeness (QED) is 0.674. The van der Waals surface area contributed by atoms with E-state index in [9.17, 15) is 0 Å². The van der Waals surface area contributed by atoms with E-state index < -0.39 is 0 Å². The van der Waals surface area contributed by atoms with Crippen LogP contribution in [-0.4, -0.2) is 16.2 Å². The molecule has 2 aromatic rings. The summed E-state index contributed by atoms with van der Waals surface area (Å²) in [7, 11) is 0. The fraction of sp³-hybridized carbons (Fsp3) is 0.0833. The molecule has 0 unspecified atom stereocenters. The van der Waals surface area contributed by atoms with Gasteiger partial charge in [-0.1, -0.05) is 41.6 Å². The highest BCUT2D eigenvalue weighted by molar-refractivity contribution is 7.98. The molecule has 0 saturated carbocycles. The van der Waals surface area contributed by atoms with Crippen LogP contribution < -0.4 is 5.73 Å². The van der Waals surface area contributed by atoms with E-state index in [1.54, 1.807) is 12.1 Å². The number of nitriles is 1. The maximum Gasteiger partial charge on any atom is 0.189 e. The number of nitrogen functional groups attached to an aromatic ring is 1. The molecule has 0 radical (unpaired) electrons. The van der Waals surface area contributed by atoms with Gasteiger partial charge in [0.05, 0.1) is 10.7 Å². The summed E-state index contributed by atoms with van der Waals surface area (Å²) in [6.45, 7) is 0. The Hall–Kier alpha value is -1.77. The fourth-order valence-corrected chi connectivity index (χ4v) is 2.10. The van der Waals surface area contributed by atoms with E-state index in [0.29, 0.717) is 21.4 Å². The van der Waals surface area contributed by atoms with Crippen LogP contribution in [0, 0.1) is 11.3 Å². The normalized spacial score (nSPS) is 10.1. The second-order valence-corrected chi connectivity index (χ2v) is 4.59. The molecule has 0 spiro atoms. The fourth-order valence-electron chi connectivity index (χ4n) is 1.51. The molecule has 0 aliphatic rings. The number of rotatable bonds is 2. The maximum atomic E-state index is 9.16. The van der Waals surface area contributed by atoms with Gasteiger partial charge in [-0.05, 0) is 12.3 Å². The van der Waals surface area contributed by atoms with Gasteiger partial charge in [0.1, 0.15) is 17.5 Å². The van der Waals surface area contributed by atoms with Crippen molar-refractivity contribution in [2.24, 2.45) is 0 Å². The van der Waals surface area contributed by atoms with Gasteiger partial charge >= 0.3 is 0 Å². The summed E-state index contributed by atoms with van der Waals surface area (Å²) in [5.41, 5.74) is 7.17. The van der Waals surface area contributed by atoms with Gasteiger partial charge in [-0.2, -0.15) is 5.26 Å². The largest absolute Gasteiger partial charge is 0.382 e. The summed E-state index contributed by atoms with van der Waals surface area (Å²) >= 11 is 7.48. The molecule has 0 bridgehead atoms. The zero-order valence-corrected chi connectivity index (χ0v) is 11.1. The van der Waals surface area contributed by atoms with Crippen LogP contribution in [0.5, 0.6) is 0 Å². The Kier molecular flexibility index (Phi) is 3.70. The van der Waals surface area contributed by atoms with Crippen LogP contribution in [-0.2, 0) is 0 Å². The second kappa shape index (κ2) is 5.25. The summed E-state index contributed by atoms with van der Waals surface area (Å²) < 4.78 is 0. The number of thioether (sulfide) groups is 1. The van der Waals surface area contributed by atoms with E-state index in [-0.39, 0.29) is 11.4 Å². The smallest absolute Gasteiger partial charge is 0.189 e. The number of nitrogens with zero attached hydrogens (tertiary/aromatic N) is 3. The molecule has 2 rings (SSSR count). The molecule has 4 nitrogen and oxygen atoms in total. The molecule has 2 N–H and O–H groups in total. The van der Waals surface area contributed by atoms with Crippen molar-refractivity contribution in [1.29, 1.82) is 5.26 Å². The van der Waals surface area contributed by atoms with Gasteiger partial charge in [0.15, 0.2) is 5.16 Å². The molecule has 1 heterocycles. The third-order valence-corrected chi connectivity index (χ3v) is 3.22. The van der Waals surface area contributed by atoms with Crippen LogP contribution in [0.1, 0.15) is 5.56 Å². The average Bonchev–Trinajstić information content (AvgIpc) is 2.38. The van der Waals surface area contributed by atoms with Crippen molar-refractivity contribution in [2.75, 3.05) is 12.0 Å². The molecule has 0 saturated heterocycles. The molecule has 0 aliphatic carbocycles. The summed E-state index contributed by atoms with van der Waals surface area (Å²) in [5, 5.41) is 10.2. The minimum Gasteiger partial charge on any atom is -0.382 e. The van der Waals surface area contributed by atoms with Crippen LogP contribution in [0.3, 0.4) is 0 Å². The van der Waals surface area contributed by atoms with Crippen LogP contribution in [0.15, 0.2) is 29.4 Å². The molecule has 0 fully saturated rings. The molecular formula is C12H9ClN4S. The molecule has 90 valence electrons. The highest BCUT2D eigenvalue weighted by atomic mass is 35.5. The predicted octanol–water partition coefficient (Wildman–Crippen LogP) is 2.97. The van der Waals surface area contributed by atoms with Crippen LogP contribution >= 0.6 is 23.4 Å². The monoisotopic (exact) mass is 276 g/mol. The van der Waals surface area contributed by atoms with E-state index in [4.69, 9.17) is 22.6 Å². The Morgan fingerprint density at radius 1 is 1.33 bits per heavy atom. The molecule has 0 amide bonds. The van der Waals surface area contributed by atoms with E-state index >= 15 is 0 Å². The van der Waals surface area contributed by atoms with Crippen LogP contribution in [0.2, 0.25) is 5.02 Å². The van der Waals surface area contributed by atoms with E-state index in [1.807, 2.05) is 24.5 Å². The van der Waals surface area contributed by atoms with Crippen molar-refractivity contribution in [3.8, 4) is 17.3 Å². The van der Waals surface area contributed by atoms with Crippen molar-refractivity contribution >= 4 is 29.2 Å². The third-order valence-electron chi connectivity index (χ3n) is 2.34. The highest BCUT2D eigenvalue weighted by Gasteiger charge is 2.15. The van der Waals surface area contributed by atoms with Crippen molar-refractivity contribution in [2.45, 2.75) is 5.16 Å². The first kappa shape index (κ1) is 12.7. The lowest BCUT2D eigenvalue weighted by molar-refractivity contribution is 0.979. The minimum absolute atomic E-state index is 0.173. The van der Waals surface area contributed by atoms with Crippen LogP contribution in [0.25, 0.3) is 11.3 Å². The molecule has 18 heavy (non-hydrogen) atoms. The van der Waals surface area contributed by atoms with E-state index in [0.717, 1.165) is 0 Å². The van der Waals surface area contributed by atoms with Gasteiger partial charge in [0, 0.05) is 5.56 Å². The minimum atomic E-state index is 0.173. The van der Waals surface area contributed by atoms with Crippen molar-refractivity contribution in [3.05, 3.63) is 34.9 Å². The second-order valence-electron chi connectivity index (χ2n) is 3.41. The zero-order chi connectivity index (χ0) is 13.1. The first-order valence-corrected chi connectivity index (χ1v) is 6.64. The lowest BCUT2D eigenvalue weighted by Crippen LogP contribution is -2.02. The molecule has 0 aliphatic heterocycles. The first-order valence-electron chi connectivity index (χ1n) is 5.04. The Bertz CT molecular complexity index is 636. The average molecular weight is 277 g/mol. The van der Waals surface area contributed by atoms with Gasteiger partial charge in [-0.15, -0.1) is 0 Å². The Labute approximate surface area is 114 Å². The number of aromatic nitrogens is 2. The summed E-state index contributed by atoms with van der Waals surface area (Å²) in [6.07, 6.45) is 1.84. The van der Waals surface area contributed by atoms with Gasteiger partial charge in [0.25, 0.3) is 0 Å². The van der Waals surface area contributed by atoms with Crippen LogP contribution in [0.4, 0.5) is 5.82 Å². The number of halogens is 1. The van der Waals surface area contributed by atoms with Crippen molar-refractivity contribution < 1.29 is 0 Å². The number of anilines is 1. The topological polar surface area (TPSA) is 75.6 Å². The van der Waals surface area contributed by atoms with Crippen molar-refractivity contribution in [3.63, 3.8) is 0 Å². The Morgan fingerprint density at radius 2 is 2.06 bits per heavy atom. The SMILES string of the molecule is CSc1nc(N)c(C#N)c(-c2ccccc2Cl)n1. The molecular weight excluding hydrogens is 268 g/mol. The Balaban J connectivity index is 2.74. The predicted molar refractivity (Wildman–Crippen MR) is 73.4 cm³/mol. The first-order chi connectivity index (χ1) is 8.67. The number of benzene rings is 1. The summed E-state index contributed by atoms with van der Waals surface area (Å²) in [6, 6.07) is 9.22. The third kappa shape index (κ3) is 2.26. The van der Waals surface area contributed by atoms with Crippen molar-refractivity contribution in [1.82, 2.24) is 9.97 Å². The van der Waals surface area contributed by atoms with E-state index in [1.165, 1.54) is 11.8 Å². The van der Waals surface area contributed by atoms with Gasteiger partial charge in [-0.25, -0.2) is 9.97 Å². The Morgan fingerprint density at radius 3 is 2.67 bits per heavy atom. The molecule has 1 aromatic heterocycles. The summed E-state index contributed by atoms with van der Waals surface area (Å²) in [5.74, 6) is 0.173.